The van der Waals surface area contributed by atoms with E-state index in [0.717, 1.165) is 41.9 Å². The lowest BCUT2D eigenvalue weighted by Crippen LogP contribution is -2.56. The molecule has 7 nitrogen and oxygen atoms in total. The van der Waals surface area contributed by atoms with Gasteiger partial charge in [0.05, 0.1) is 17.8 Å². The normalized spacial score (nSPS) is 20.2. The Labute approximate surface area is 222 Å². The first-order chi connectivity index (χ1) is 18.0. The van der Waals surface area contributed by atoms with Crippen molar-refractivity contribution in [2.75, 3.05) is 19.8 Å². The van der Waals surface area contributed by atoms with Crippen LogP contribution in [0.25, 0.3) is 22.0 Å². The summed E-state index contributed by atoms with van der Waals surface area (Å²) in [6.07, 6.45) is 3.82. The Kier molecular flexibility index (Phi) is 7.88. The largest absolute Gasteiger partial charge is 0.381 e. The minimum Gasteiger partial charge on any atom is -0.381 e. The Hall–Kier alpha value is -2.81. The van der Waals surface area contributed by atoms with Gasteiger partial charge in [0.15, 0.2) is 0 Å². The van der Waals surface area contributed by atoms with Gasteiger partial charge in [-0.2, -0.15) is 0 Å². The van der Waals surface area contributed by atoms with Crippen LogP contribution in [-0.4, -0.2) is 53.5 Å². The highest BCUT2D eigenvalue weighted by atomic mass is 32.1. The smallest absolute Gasteiger partial charge is 0.246 e. The van der Waals surface area contributed by atoms with E-state index in [1.165, 1.54) is 16.3 Å². The fourth-order valence-electron chi connectivity index (χ4n) is 5.65. The van der Waals surface area contributed by atoms with E-state index in [0.29, 0.717) is 26.2 Å². The number of ether oxygens (including phenoxy) is 1. The lowest BCUT2D eigenvalue weighted by molar-refractivity contribution is -0.140. The summed E-state index contributed by atoms with van der Waals surface area (Å²) in [5.41, 5.74) is 9.29. The molecule has 3 aromatic rings. The van der Waals surface area contributed by atoms with Gasteiger partial charge in [-0.15, -0.1) is 11.3 Å². The number of amides is 2. The number of hydrogen-bond acceptors (Lipinski definition) is 6. The molecule has 196 valence electrons. The summed E-state index contributed by atoms with van der Waals surface area (Å²) in [6.45, 7) is 5.89. The third kappa shape index (κ3) is 5.28. The summed E-state index contributed by atoms with van der Waals surface area (Å²) < 4.78 is 5.53. The standard InChI is InChI=1S/C29H36N4O3S/c1-3-22(30)27(34)32-26(20-12-15-36-16-13-20)29(35)33-14-6-11-24(33)28-31-23(17-37-28)21-10-5-9-19-8-4-7-18(2)25(19)21/h4-5,7-10,17,20,22,24,26H,3,6,11-16,30H2,1-2H3,(H,32,34)/t22-,24-,26-/m0/s1. The third-order valence-electron chi connectivity index (χ3n) is 7.81. The summed E-state index contributed by atoms with van der Waals surface area (Å²) in [5, 5.41) is 8.49. The molecule has 0 aliphatic carbocycles. The molecule has 0 unspecified atom stereocenters. The number of likely N-dealkylation sites (tertiary alicyclic amines) is 1. The molecule has 2 fully saturated rings. The van der Waals surface area contributed by atoms with Crippen LogP contribution in [0.5, 0.6) is 0 Å². The maximum Gasteiger partial charge on any atom is 0.246 e. The maximum atomic E-state index is 14.0. The molecule has 0 bridgehead atoms. The third-order valence-corrected chi connectivity index (χ3v) is 8.76. The number of rotatable bonds is 7. The number of thiazole rings is 1. The number of nitrogens with two attached hydrogens (primary N) is 1. The molecule has 2 aliphatic heterocycles. The molecule has 3 heterocycles. The lowest BCUT2D eigenvalue weighted by atomic mass is 9.90. The molecule has 1 aromatic heterocycles. The van der Waals surface area contributed by atoms with Gasteiger partial charge < -0.3 is 20.7 Å². The van der Waals surface area contributed by atoms with Crippen LogP contribution >= 0.6 is 11.3 Å². The molecule has 0 radical (unpaired) electrons. The first-order valence-corrected chi connectivity index (χ1v) is 14.2. The summed E-state index contributed by atoms with van der Waals surface area (Å²) in [7, 11) is 0. The average molecular weight is 521 g/mol. The highest BCUT2D eigenvalue weighted by molar-refractivity contribution is 7.10. The van der Waals surface area contributed by atoms with Gasteiger partial charge in [0, 0.05) is 30.7 Å². The fourth-order valence-corrected chi connectivity index (χ4v) is 6.61. The topological polar surface area (TPSA) is 97.5 Å². The molecule has 5 rings (SSSR count). The van der Waals surface area contributed by atoms with Gasteiger partial charge in [-0.3, -0.25) is 9.59 Å². The van der Waals surface area contributed by atoms with Crippen molar-refractivity contribution in [2.24, 2.45) is 11.7 Å². The first-order valence-electron chi connectivity index (χ1n) is 13.4. The van der Waals surface area contributed by atoms with E-state index in [9.17, 15) is 9.59 Å². The van der Waals surface area contributed by atoms with Gasteiger partial charge in [0.2, 0.25) is 11.8 Å². The Bertz CT molecular complexity index is 1260. The van der Waals surface area contributed by atoms with Crippen LogP contribution in [-0.2, 0) is 14.3 Å². The van der Waals surface area contributed by atoms with Crippen molar-refractivity contribution in [3.8, 4) is 11.3 Å². The second-order valence-electron chi connectivity index (χ2n) is 10.2. The van der Waals surface area contributed by atoms with E-state index in [-0.39, 0.29) is 23.8 Å². The van der Waals surface area contributed by atoms with Crippen LogP contribution in [0.1, 0.15) is 55.6 Å². The van der Waals surface area contributed by atoms with E-state index in [1.54, 1.807) is 11.3 Å². The van der Waals surface area contributed by atoms with Crippen molar-refractivity contribution in [3.63, 3.8) is 0 Å². The molecule has 2 aliphatic rings. The molecule has 8 heteroatoms. The molecule has 2 amide bonds. The first kappa shape index (κ1) is 25.8. The van der Waals surface area contributed by atoms with Crippen molar-refractivity contribution in [3.05, 3.63) is 52.3 Å². The van der Waals surface area contributed by atoms with Crippen LogP contribution in [0.4, 0.5) is 0 Å². The zero-order valence-corrected chi connectivity index (χ0v) is 22.4. The number of fused-ring (bicyclic) bond motifs is 1. The number of nitrogens with one attached hydrogen (secondary N) is 1. The van der Waals surface area contributed by atoms with Crippen LogP contribution < -0.4 is 11.1 Å². The van der Waals surface area contributed by atoms with Crippen molar-refractivity contribution >= 4 is 33.9 Å². The zero-order chi connectivity index (χ0) is 25.9. The number of carbonyl (C=O) groups is 2. The zero-order valence-electron chi connectivity index (χ0n) is 21.6. The predicted molar refractivity (Wildman–Crippen MR) is 147 cm³/mol. The maximum absolute atomic E-state index is 14.0. The van der Waals surface area contributed by atoms with Crippen molar-refractivity contribution < 1.29 is 14.3 Å². The lowest BCUT2D eigenvalue weighted by Gasteiger charge is -2.35. The highest BCUT2D eigenvalue weighted by Crippen LogP contribution is 2.38. The summed E-state index contributed by atoms with van der Waals surface area (Å²) in [4.78, 5) is 33.7. The van der Waals surface area contributed by atoms with Crippen LogP contribution in [0.3, 0.4) is 0 Å². The van der Waals surface area contributed by atoms with E-state index < -0.39 is 12.1 Å². The van der Waals surface area contributed by atoms with E-state index in [4.69, 9.17) is 15.5 Å². The monoisotopic (exact) mass is 520 g/mol. The van der Waals surface area contributed by atoms with Crippen LogP contribution in [0, 0.1) is 12.8 Å². The van der Waals surface area contributed by atoms with Gasteiger partial charge in [-0.25, -0.2) is 4.98 Å². The SMILES string of the molecule is CC[C@H](N)C(=O)N[C@H](C(=O)N1CCC[C@H]1c1nc(-c2cccc3cccc(C)c23)cs1)C1CCOCC1. The summed E-state index contributed by atoms with van der Waals surface area (Å²) in [6, 6.07) is 11.4. The van der Waals surface area contributed by atoms with Crippen molar-refractivity contribution in [1.29, 1.82) is 0 Å². The Morgan fingerprint density at radius 2 is 1.95 bits per heavy atom. The van der Waals surface area contributed by atoms with Gasteiger partial charge in [0.25, 0.3) is 0 Å². The summed E-state index contributed by atoms with van der Waals surface area (Å²) >= 11 is 1.61. The number of nitrogens with zero attached hydrogens (tertiary/aromatic N) is 2. The van der Waals surface area contributed by atoms with Crippen LogP contribution in [0.15, 0.2) is 41.8 Å². The van der Waals surface area contributed by atoms with Gasteiger partial charge >= 0.3 is 0 Å². The minimum absolute atomic E-state index is 0.0243. The average Bonchev–Trinajstić information content (AvgIpc) is 3.61. The molecule has 3 N–H and O–H groups in total. The van der Waals surface area contributed by atoms with Crippen LogP contribution in [0.2, 0.25) is 0 Å². The minimum atomic E-state index is -0.616. The molecule has 2 aromatic carbocycles. The fraction of sp³-hybridized carbons (Fsp3) is 0.483. The molecular weight excluding hydrogens is 484 g/mol. The second kappa shape index (κ2) is 11.3. The molecular formula is C29H36N4O3S. The van der Waals surface area contributed by atoms with Gasteiger partial charge in [-0.1, -0.05) is 43.3 Å². The highest BCUT2D eigenvalue weighted by Gasteiger charge is 2.40. The number of aromatic nitrogens is 1. The quantitative estimate of drug-likeness (QED) is 0.475. The number of carbonyl (C=O) groups excluding carboxylic acids is 2. The molecule has 0 spiro atoms. The molecule has 2 saturated heterocycles. The van der Waals surface area contributed by atoms with Crippen molar-refractivity contribution in [1.82, 2.24) is 15.2 Å². The number of benzene rings is 2. The second-order valence-corrected chi connectivity index (χ2v) is 11.1. The summed E-state index contributed by atoms with van der Waals surface area (Å²) in [5.74, 6) is -0.240. The van der Waals surface area contributed by atoms with E-state index >= 15 is 0 Å². The van der Waals surface area contributed by atoms with E-state index in [2.05, 4.69) is 54.0 Å². The Morgan fingerprint density at radius 1 is 1.19 bits per heavy atom. The van der Waals surface area contributed by atoms with Gasteiger partial charge in [-0.05, 0) is 61.3 Å². The van der Waals surface area contributed by atoms with Crippen molar-refractivity contribution in [2.45, 2.75) is 64.1 Å². The number of aryl methyl sites for hydroxylation is 1. The predicted octanol–water partition coefficient (Wildman–Crippen LogP) is 4.58. The number of hydrogen-bond donors (Lipinski definition) is 2. The molecule has 3 atom stereocenters. The molecule has 37 heavy (non-hydrogen) atoms. The molecule has 0 saturated carbocycles. The van der Waals surface area contributed by atoms with Gasteiger partial charge in [0.1, 0.15) is 11.0 Å². The Morgan fingerprint density at radius 3 is 2.70 bits per heavy atom. The Balaban J connectivity index is 1.41. The van der Waals surface area contributed by atoms with E-state index in [1.807, 2.05) is 11.8 Å².